The van der Waals surface area contributed by atoms with Crippen LogP contribution in [0.1, 0.15) is 49.8 Å². The Hall–Kier alpha value is -2.56. The summed E-state index contributed by atoms with van der Waals surface area (Å²) in [6.07, 6.45) is 4.68. The van der Waals surface area contributed by atoms with Crippen LogP contribution in [0.4, 0.5) is 5.69 Å². The summed E-state index contributed by atoms with van der Waals surface area (Å²) < 4.78 is 3.62. The van der Waals surface area contributed by atoms with Crippen molar-refractivity contribution in [3.63, 3.8) is 0 Å². The third-order valence-electron chi connectivity index (χ3n) is 4.95. The topological polar surface area (TPSA) is 41.1 Å². The van der Waals surface area contributed by atoms with Gasteiger partial charge >= 0.3 is 0 Å². The highest BCUT2D eigenvalue weighted by molar-refractivity contribution is 7.97. The van der Waals surface area contributed by atoms with E-state index < -0.39 is 0 Å². The maximum Gasteiger partial charge on any atom is 0.224 e. The zero-order chi connectivity index (χ0) is 21.0. The van der Waals surface area contributed by atoms with Crippen molar-refractivity contribution in [3.8, 4) is 0 Å². The van der Waals surface area contributed by atoms with Crippen molar-refractivity contribution in [1.29, 1.82) is 0 Å². The van der Waals surface area contributed by atoms with Crippen LogP contribution in [-0.2, 0) is 11.2 Å². The van der Waals surface area contributed by atoms with Gasteiger partial charge in [-0.15, -0.1) is 0 Å². The average molecular weight is 419 g/mol. The van der Waals surface area contributed by atoms with E-state index in [9.17, 15) is 4.79 Å². The van der Waals surface area contributed by atoms with Gasteiger partial charge in [-0.3, -0.25) is 9.52 Å². The van der Waals surface area contributed by atoms with Gasteiger partial charge in [0, 0.05) is 23.0 Å². The molecule has 156 valence electrons. The molecule has 3 aromatic carbocycles. The fraction of sp³-hybridized carbons (Fsp3) is 0.269. The molecule has 0 spiro atoms. The molecule has 0 aromatic heterocycles. The lowest BCUT2D eigenvalue weighted by Gasteiger charge is -2.19. The van der Waals surface area contributed by atoms with E-state index in [0.29, 0.717) is 6.42 Å². The molecule has 0 aliphatic heterocycles. The van der Waals surface area contributed by atoms with Crippen LogP contribution in [0.15, 0.2) is 89.8 Å². The Morgan fingerprint density at radius 1 is 0.867 bits per heavy atom. The van der Waals surface area contributed by atoms with E-state index in [-0.39, 0.29) is 11.9 Å². The zero-order valence-corrected chi connectivity index (χ0v) is 18.3. The van der Waals surface area contributed by atoms with E-state index in [4.69, 9.17) is 0 Å². The summed E-state index contributed by atoms with van der Waals surface area (Å²) in [5.74, 6) is 0.0916. The first kappa shape index (κ1) is 22.1. The first-order valence-electron chi connectivity index (χ1n) is 10.7. The van der Waals surface area contributed by atoms with Crippen LogP contribution in [0, 0.1) is 0 Å². The largest absolute Gasteiger partial charge is 0.326 e. The van der Waals surface area contributed by atoms with Gasteiger partial charge in [-0.25, -0.2) is 0 Å². The van der Waals surface area contributed by atoms with Crippen molar-refractivity contribution >= 4 is 23.5 Å². The lowest BCUT2D eigenvalue weighted by molar-refractivity contribution is -0.116. The molecule has 1 amide bonds. The minimum Gasteiger partial charge on any atom is -0.326 e. The molecule has 0 aliphatic rings. The number of nitrogens with one attached hydrogen (secondary N) is 2. The number of hydrogen-bond acceptors (Lipinski definition) is 3. The number of carbonyl (C=O) groups is 1. The van der Waals surface area contributed by atoms with Crippen LogP contribution in [0.25, 0.3) is 0 Å². The number of hydrogen-bond donors (Lipinski definition) is 2. The highest BCUT2D eigenvalue weighted by Crippen LogP contribution is 2.25. The molecule has 0 saturated carbocycles. The van der Waals surface area contributed by atoms with Gasteiger partial charge in [-0.05, 0) is 60.2 Å². The quantitative estimate of drug-likeness (QED) is 0.266. The van der Waals surface area contributed by atoms with E-state index in [1.165, 1.54) is 11.1 Å². The molecule has 3 rings (SSSR count). The van der Waals surface area contributed by atoms with E-state index in [0.717, 1.165) is 36.3 Å². The van der Waals surface area contributed by atoms with Gasteiger partial charge < -0.3 is 5.32 Å². The van der Waals surface area contributed by atoms with Gasteiger partial charge in [-0.1, -0.05) is 80.4 Å². The van der Waals surface area contributed by atoms with E-state index >= 15 is 0 Å². The van der Waals surface area contributed by atoms with Crippen LogP contribution in [-0.4, -0.2) is 5.91 Å². The highest BCUT2D eigenvalue weighted by Gasteiger charge is 2.12. The second-order valence-electron chi connectivity index (χ2n) is 7.40. The molecule has 1 unspecified atom stereocenters. The standard InChI is InChI=1S/C26H30N2OS/c1-2-3-6-15-26(29)27-23-16-18-24(19-17-23)30-28-25(22-13-9-5-10-14-22)20-21-11-7-4-8-12-21/h4-5,7-14,16-19,25,28H,2-3,6,15,20H2,1H3,(H,27,29). The molecule has 0 fully saturated rings. The van der Waals surface area contributed by atoms with Crippen molar-refractivity contribution in [1.82, 2.24) is 4.72 Å². The number of amides is 1. The molecule has 30 heavy (non-hydrogen) atoms. The molecule has 1 atom stereocenters. The summed E-state index contributed by atoms with van der Waals surface area (Å²) in [5.41, 5.74) is 3.43. The van der Waals surface area contributed by atoms with Gasteiger partial charge in [-0.2, -0.15) is 0 Å². The van der Waals surface area contributed by atoms with Crippen molar-refractivity contribution in [3.05, 3.63) is 96.1 Å². The second-order valence-corrected chi connectivity index (χ2v) is 8.31. The van der Waals surface area contributed by atoms with Crippen LogP contribution in [0.3, 0.4) is 0 Å². The Morgan fingerprint density at radius 2 is 1.53 bits per heavy atom. The normalized spacial score (nSPS) is 11.8. The Kier molecular flexibility index (Phi) is 9.01. The molecule has 0 aliphatic carbocycles. The Bertz CT molecular complexity index is 882. The lowest BCUT2D eigenvalue weighted by Crippen LogP contribution is -2.17. The maximum atomic E-state index is 12.0. The minimum absolute atomic E-state index is 0.0916. The third-order valence-corrected chi connectivity index (χ3v) is 5.86. The van der Waals surface area contributed by atoms with Gasteiger partial charge in [0.05, 0.1) is 0 Å². The number of benzene rings is 3. The zero-order valence-electron chi connectivity index (χ0n) is 17.5. The molecular weight excluding hydrogens is 388 g/mol. The summed E-state index contributed by atoms with van der Waals surface area (Å²) in [7, 11) is 0. The monoisotopic (exact) mass is 418 g/mol. The summed E-state index contributed by atoms with van der Waals surface area (Å²) in [4.78, 5) is 13.1. The van der Waals surface area contributed by atoms with Gasteiger partial charge in [0.2, 0.25) is 5.91 Å². The van der Waals surface area contributed by atoms with Crippen LogP contribution in [0.2, 0.25) is 0 Å². The fourth-order valence-electron chi connectivity index (χ4n) is 3.27. The Balaban J connectivity index is 1.58. The smallest absolute Gasteiger partial charge is 0.224 e. The maximum absolute atomic E-state index is 12.0. The van der Waals surface area contributed by atoms with E-state index in [1.807, 2.05) is 36.4 Å². The van der Waals surface area contributed by atoms with Gasteiger partial charge in [0.1, 0.15) is 0 Å². The minimum atomic E-state index is 0.0916. The Labute approximate surface area is 184 Å². The number of rotatable bonds is 11. The summed E-state index contributed by atoms with van der Waals surface area (Å²) in [6, 6.07) is 29.3. The molecule has 0 saturated heterocycles. The molecule has 3 nitrogen and oxygen atoms in total. The molecule has 0 bridgehead atoms. The number of anilines is 1. The molecule has 0 radical (unpaired) electrons. The van der Waals surface area contributed by atoms with E-state index in [2.05, 4.69) is 65.5 Å². The van der Waals surface area contributed by atoms with Crippen LogP contribution >= 0.6 is 11.9 Å². The predicted octanol–water partition coefficient (Wildman–Crippen LogP) is 6.79. The first-order valence-corrected chi connectivity index (χ1v) is 11.5. The van der Waals surface area contributed by atoms with Crippen LogP contribution < -0.4 is 10.0 Å². The highest BCUT2D eigenvalue weighted by atomic mass is 32.2. The van der Waals surface area contributed by atoms with Crippen molar-refractivity contribution < 1.29 is 4.79 Å². The van der Waals surface area contributed by atoms with E-state index in [1.54, 1.807) is 11.9 Å². The SMILES string of the molecule is CCCCCC(=O)Nc1ccc(SNC(Cc2ccccc2)c2ccccc2)cc1. The van der Waals surface area contributed by atoms with Crippen molar-refractivity contribution in [2.24, 2.45) is 0 Å². The van der Waals surface area contributed by atoms with Crippen molar-refractivity contribution in [2.75, 3.05) is 5.32 Å². The summed E-state index contributed by atoms with van der Waals surface area (Å²) in [6.45, 7) is 2.14. The molecule has 2 N–H and O–H groups in total. The summed E-state index contributed by atoms with van der Waals surface area (Å²) in [5, 5.41) is 2.98. The number of unbranched alkanes of at least 4 members (excludes halogenated alkanes) is 2. The van der Waals surface area contributed by atoms with Gasteiger partial charge in [0.25, 0.3) is 0 Å². The summed E-state index contributed by atoms with van der Waals surface area (Å²) >= 11 is 1.62. The first-order chi connectivity index (χ1) is 14.7. The lowest BCUT2D eigenvalue weighted by atomic mass is 10.00. The van der Waals surface area contributed by atoms with Gasteiger partial charge in [0.15, 0.2) is 0 Å². The molecule has 0 heterocycles. The average Bonchev–Trinajstić information content (AvgIpc) is 2.79. The molecule has 3 aromatic rings. The fourth-order valence-corrected chi connectivity index (χ4v) is 4.04. The Morgan fingerprint density at radius 3 is 2.20 bits per heavy atom. The predicted molar refractivity (Wildman–Crippen MR) is 128 cm³/mol. The van der Waals surface area contributed by atoms with Crippen LogP contribution in [0.5, 0.6) is 0 Å². The number of carbonyl (C=O) groups excluding carboxylic acids is 1. The third kappa shape index (κ3) is 7.36. The molecule has 4 heteroatoms. The van der Waals surface area contributed by atoms with Crippen molar-refractivity contribution in [2.45, 2.75) is 50.0 Å². The second kappa shape index (κ2) is 12.2. The molecular formula is C26H30N2OS.